The lowest BCUT2D eigenvalue weighted by molar-refractivity contribution is -0.613. The molecule has 1 atom stereocenters. The van der Waals surface area contributed by atoms with Crippen LogP contribution >= 0.6 is 0 Å². The number of methoxy groups -OCH3 is 2. The Hall–Kier alpha value is -2.61. The smallest absolute Gasteiger partial charge is 0.212 e. The average molecular weight is 361 g/mol. The fourth-order valence-electron chi connectivity index (χ4n) is 2.78. The van der Waals surface area contributed by atoms with Gasteiger partial charge in [-0.15, -0.1) is 0 Å². The van der Waals surface area contributed by atoms with Crippen molar-refractivity contribution in [2.45, 2.75) is 24.8 Å². The van der Waals surface area contributed by atoms with Crippen LogP contribution in [0, 0.1) is 19.1 Å². The summed E-state index contributed by atoms with van der Waals surface area (Å²) in [5.41, 5.74) is 3.25. The zero-order valence-electron chi connectivity index (χ0n) is 14.5. The Labute approximate surface area is 147 Å². The van der Waals surface area contributed by atoms with Gasteiger partial charge in [-0.2, -0.15) is 4.73 Å². The van der Waals surface area contributed by atoms with Crippen molar-refractivity contribution < 1.29 is 18.4 Å². The van der Waals surface area contributed by atoms with Crippen molar-refractivity contribution >= 4 is 21.8 Å². The van der Waals surface area contributed by atoms with Crippen LogP contribution in [0.3, 0.4) is 0 Å². The third-order valence-corrected chi connectivity index (χ3v) is 5.22. The molecule has 0 unspecified atom stereocenters. The molecule has 0 bridgehead atoms. The van der Waals surface area contributed by atoms with Gasteiger partial charge < -0.3 is 19.7 Å². The van der Waals surface area contributed by atoms with E-state index in [4.69, 9.17) is 9.47 Å². The third kappa shape index (κ3) is 3.17. The van der Waals surface area contributed by atoms with E-state index in [0.717, 1.165) is 15.8 Å². The lowest BCUT2D eigenvalue weighted by atomic mass is 10.1. The molecular weight excluding hydrogens is 342 g/mol. The molecule has 2 heterocycles. The maximum absolute atomic E-state index is 12.7. The van der Waals surface area contributed by atoms with Gasteiger partial charge >= 0.3 is 0 Å². The minimum atomic E-state index is -1.50. The van der Waals surface area contributed by atoms with Crippen LogP contribution in [0.4, 0.5) is 0 Å². The number of aromatic amines is 1. The van der Waals surface area contributed by atoms with E-state index in [1.54, 1.807) is 46.3 Å². The number of rotatable bonds is 5. The van der Waals surface area contributed by atoms with E-state index >= 15 is 0 Å². The predicted molar refractivity (Wildman–Crippen MR) is 94.2 cm³/mol. The molecule has 8 heteroatoms. The van der Waals surface area contributed by atoms with Crippen LogP contribution in [-0.4, -0.2) is 28.4 Å². The molecule has 0 aliphatic rings. The van der Waals surface area contributed by atoms with E-state index in [1.165, 1.54) is 6.20 Å². The highest BCUT2D eigenvalue weighted by Gasteiger charge is 2.22. The summed E-state index contributed by atoms with van der Waals surface area (Å²) < 4.78 is 24.0. The van der Waals surface area contributed by atoms with Crippen molar-refractivity contribution in [1.29, 1.82) is 0 Å². The van der Waals surface area contributed by atoms with Gasteiger partial charge in [-0.1, -0.05) is 0 Å². The number of fused-ring (bicyclic) bond motifs is 1. The molecule has 0 amide bonds. The minimum absolute atomic E-state index is 0.0446. The number of hydrogen-bond donors (Lipinski definition) is 1. The Morgan fingerprint density at radius 3 is 2.72 bits per heavy atom. The van der Waals surface area contributed by atoms with Crippen LogP contribution in [0.25, 0.3) is 11.0 Å². The standard InChI is InChI=1S/C17H19N3O4S/c1-10-8-20(21)15(11(2)16(10)24-4)9-25(22)17-18-13-6-5-12(23-3)7-14(13)19-17/h5-8H,9H2,1-4H3,(H,18,19)/t25-/m0/s1. The van der Waals surface area contributed by atoms with Crippen LogP contribution in [0.1, 0.15) is 16.8 Å². The Kier molecular flexibility index (Phi) is 4.63. The van der Waals surface area contributed by atoms with E-state index < -0.39 is 10.8 Å². The van der Waals surface area contributed by atoms with Crippen LogP contribution in [-0.2, 0) is 16.6 Å². The lowest BCUT2D eigenvalue weighted by Crippen LogP contribution is -2.34. The first-order chi connectivity index (χ1) is 11.9. The molecule has 7 nitrogen and oxygen atoms in total. The number of H-pyrrole nitrogens is 1. The molecule has 3 aromatic rings. The molecule has 0 spiro atoms. The number of hydrogen-bond acceptors (Lipinski definition) is 5. The molecule has 0 aliphatic heterocycles. The first-order valence-electron chi connectivity index (χ1n) is 7.63. The molecular formula is C17H19N3O4S. The van der Waals surface area contributed by atoms with Gasteiger partial charge in [-0.3, -0.25) is 4.21 Å². The molecule has 132 valence electrons. The van der Waals surface area contributed by atoms with Crippen molar-refractivity contribution in [3.8, 4) is 11.5 Å². The molecule has 1 aromatic carbocycles. The topological polar surface area (TPSA) is 91.2 Å². The Morgan fingerprint density at radius 2 is 2.04 bits per heavy atom. The second kappa shape index (κ2) is 6.72. The summed E-state index contributed by atoms with van der Waals surface area (Å²) in [7, 11) is 1.64. The second-order valence-corrected chi connectivity index (χ2v) is 7.02. The predicted octanol–water partition coefficient (Wildman–Crippen LogP) is 2.14. The number of imidazole rings is 1. The van der Waals surface area contributed by atoms with E-state index in [1.807, 2.05) is 0 Å². The maximum atomic E-state index is 12.7. The largest absolute Gasteiger partial charge is 0.618 e. The summed E-state index contributed by atoms with van der Waals surface area (Å²) >= 11 is 0. The van der Waals surface area contributed by atoms with E-state index in [-0.39, 0.29) is 5.75 Å². The monoisotopic (exact) mass is 361 g/mol. The van der Waals surface area contributed by atoms with Gasteiger partial charge in [0.15, 0.2) is 11.4 Å². The number of nitrogens with one attached hydrogen (secondary N) is 1. The number of aromatic nitrogens is 3. The van der Waals surface area contributed by atoms with Gasteiger partial charge in [0, 0.05) is 6.07 Å². The third-order valence-electron chi connectivity index (χ3n) is 4.06. The second-order valence-electron chi connectivity index (χ2n) is 5.66. The molecule has 2 aromatic heterocycles. The van der Waals surface area contributed by atoms with Crippen LogP contribution in [0.5, 0.6) is 11.5 Å². The Bertz CT molecular complexity index is 968. The number of ether oxygens (including phenoxy) is 2. The fraction of sp³-hybridized carbons (Fsp3) is 0.294. The van der Waals surface area contributed by atoms with Gasteiger partial charge in [0.25, 0.3) is 0 Å². The van der Waals surface area contributed by atoms with E-state index in [9.17, 15) is 9.42 Å². The quantitative estimate of drug-likeness (QED) is 0.555. The van der Waals surface area contributed by atoms with Crippen molar-refractivity contribution in [3.63, 3.8) is 0 Å². The van der Waals surface area contributed by atoms with Gasteiger partial charge in [-0.05, 0) is 26.0 Å². The molecule has 3 rings (SSSR count). The average Bonchev–Trinajstić information content (AvgIpc) is 3.01. The van der Waals surface area contributed by atoms with Crippen molar-refractivity contribution in [2.75, 3.05) is 14.2 Å². The Balaban J connectivity index is 1.95. The number of aryl methyl sites for hydroxylation is 1. The zero-order valence-corrected chi connectivity index (χ0v) is 15.3. The van der Waals surface area contributed by atoms with Gasteiger partial charge in [0.2, 0.25) is 5.69 Å². The molecule has 0 radical (unpaired) electrons. The number of pyridine rings is 1. The molecule has 1 N–H and O–H groups in total. The van der Waals surface area contributed by atoms with Gasteiger partial charge in [0.05, 0.1) is 47.2 Å². The van der Waals surface area contributed by atoms with Gasteiger partial charge in [-0.25, -0.2) is 4.98 Å². The highest BCUT2D eigenvalue weighted by atomic mass is 32.2. The van der Waals surface area contributed by atoms with Crippen LogP contribution < -0.4 is 14.2 Å². The molecule has 0 saturated heterocycles. The summed E-state index contributed by atoms with van der Waals surface area (Å²) in [6, 6.07) is 5.37. The first kappa shape index (κ1) is 17.2. The van der Waals surface area contributed by atoms with Crippen LogP contribution in [0.15, 0.2) is 29.6 Å². The summed E-state index contributed by atoms with van der Waals surface area (Å²) in [6.45, 7) is 3.59. The summed E-state index contributed by atoms with van der Waals surface area (Å²) in [5.74, 6) is 1.36. The van der Waals surface area contributed by atoms with E-state index in [2.05, 4.69) is 9.97 Å². The lowest BCUT2D eigenvalue weighted by Gasteiger charge is -2.12. The molecule has 25 heavy (non-hydrogen) atoms. The highest BCUT2D eigenvalue weighted by molar-refractivity contribution is 7.84. The summed E-state index contributed by atoms with van der Waals surface area (Å²) in [5, 5.41) is 12.6. The first-order valence-corrected chi connectivity index (χ1v) is 8.94. The summed E-state index contributed by atoms with van der Waals surface area (Å²) in [4.78, 5) is 7.39. The molecule has 0 aliphatic carbocycles. The van der Waals surface area contributed by atoms with Crippen LogP contribution in [0.2, 0.25) is 0 Å². The Morgan fingerprint density at radius 1 is 1.28 bits per heavy atom. The van der Waals surface area contributed by atoms with Crippen molar-refractivity contribution in [1.82, 2.24) is 9.97 Å². The maximum Gasteiger partial charge on any atom is 0.212 e. The fourth-order valence-corrected chi connectivity index (χ4v) is 3.94. The molecule has 0 saturated carbocycles. The summed E-state index contributed by atoms with van der Waals surface area (Å²) in [6.07, 6.45) is 1.43. The number of benzene rings is 1. The van der Waals surface area contributed by atoms with Crippen molar-refractivity contribution in [3.05, 3.63) is 46.4 Å². The zero-order chi connectivity index (χ0) is 18.1. The highest BCUT2D eigenvalue weighted by Crippen LogP contribution is 2.25. The van der Waals surface area contributed by atoms with Gasteiger partial charge in [0.1, 0.15) is 17.3 Å². The number of nitrogens with zero attached hydrogens (tertiary/aromatic N) is 2. The van der Waals surface area contributed by atoms with Crippen molar-refractivity contribution in [2.24, 2.45) is 0 Å². The minimum Gasteiger partial charge on any atom is -0.618 e. The SMILES string of the molecule is COc1ccc2nc([S@@](=O)Cc3c(C)c(OC)c(C)c[n+]3[O-])[nH]c2c1. The molecule has 0 fully saturated rings. The normalized spacial score (nSPS) is 12.3. The van der Waals surface area contributed by atoms with E-state index in [0.29, 0.717) is 33.4 Å².